The highest BCUT2D eigenvalue weighted by atomic mass is 35.5. The molecule has 2 nitrogen and oxygen atoms in total. The van der Waals surface area contributed by atoms with Gasteiger partial charge >= 0.3 is 0 Å². The number of benzene rings is 2. The maximum atomic E-state index is 11.9. The van der Waals surface area contributed by atoms with Gasteiger partial charge < -0.3 is 0 Å². The number of para-hydroxylation sites is 1. The van der Waals surface area contributed by atoms with Crippen LogP contribution in [0, 0.1) is 6.92 Å². The van der Waals surface area contributed by atoms with Crippen LogP contribution in [0.2, 0.25) is 5.02 Å². The minimum atomic E-state index is 0.0422. The number of fused-ring (bicyclic) bond motifs is 1. The second-order valence-corrected chi connectivity index (χ2v) is 5.50. The Morgan fingerprint density at radius 1 is 1.10 bits per heavy atom. The van der Waals surface area contributed by atoms with Crippen molar-refractivity contribution in [1.29, 1.82) is 0 Å². The number of rotatable bonds is 2. The zero-order valence-electron chi connectivity index (χ0n) is 11.9. The molecule has 0 N–H and O–H groups in total. The van der Waals surface area contributed by atoms with Gasteiger partial charge in [0, 0.05) is 21.5 Å². The Morgan fingerprint density at radius 3 is 2.57 bits per heavy atom. The van der Waals surface area contributed by atoms with E-state index in [1.807, 2.05) is 55.5 Å². The average Bonchev–Trinajstić information content (AvgIpc) is 2.48. The first-order valence-corrected chi connectivity index (χ1v) is 7.11. The maximum Gasteiger partial charge on any atom is 0.160 e. The first kappa shape index (κ1) is 13.8. The Labute approximate surface area is 128 Å². The summed E-state index contributed by atoms with van der Waals surface area (Å²) in [5.41, 5.74) is 4.27. The van der Waals surface area contributed by atoms with Gasteiger partial charge in [0.15, 0.2) is 5.78 Å². The van der Waals surface area contributed by atoms with E-state index in [1.165, 1.54) is 0 Å². The zero-order chi connectivity index (χ0) is 15.0. The Kier molecular flexibility index (Phi) is 3.48. The average molecular weight is 296 g/mol. The third-order valence-corrected chi connectivity index (χ3v) is 3.97. The third-order valence-electron chi connectivity index (χ3n) is 3.55. The molecule has 0 unspecified atom stereocenters. The molecule has 0 fully saturated rings. The minimum absolute atomic E-state index is 0.0422. The lowest BCUT2D eigenvalue weighted by Gasteiger charge is -2.09. The fourth-order valence-electron chi connectivity index (χ4n) is 2.42. The fourth-order valence-corrected chi connectivity index (χ4v) is 2.54. The van der Waals surface area contributed by atoms with Gasteiger partial charge in [-0.25, -0.2) is 4.98 Å². The number of carbonyl (C=O) groups is 1. The molecule has 0 radical (unpaired) electrons. The molecule has 0 aliphatic rings. The van der Waals surface area contributed by atoms with Crippen molar-refractivity contribution in [3.8, 4) is 11.3 Å². The SMILES string of the molecule is CC(=O)c1cc(-c2ccc(Cl)c(C)c2)nc2ccccc12. The van der Waals surface area contributed by atoms with E-state index in [2.05, 4.69) is 4.98 Å². The summed E-state index contributed by atoms with van der Waals surface area (Å²) in [6.45, 7) is 3.54. The van der Waals surface area contributed by atoms with Gasteiger partial charge in [-0.05, 0) is 43.7 Å². The quantitative estimate of drug-likeness (QED) is 0.618. The monoisotopic (exact) mass is 295 g/mol. The number of Topliss-reactive ketones (excluding diaryl/α,β-unsaturated/α-hetero) is 1. The topological polar surface area (TPSA) is 30.0 Å². The molecular weight excluding hydrogens is 282 g/mol. The highest BCUT2D eigenvalue weighted by molar-refractivity contribution is 6.31. The van der Waals surface area contributed by atoms with Crippen molar-refractivity contribution < 1.29 is 4.79 Å². The number of ketones is 1. The largest absolute Gasteiger partial charge is 0.294 e. The second-order valence-electron chi connectivity index (χ2n) is 5.09. The number of hydrogen-bond acceptors (Lipinski definition) is 2. The Morgan fingerprint density at radius 2 is 1.86 bits per heavy atom. The summed E-state index contributed by atoms with van der Waals surface area (Å²) in [6.07, 6.45) is 0. The Balaban J connectivity index is 2.28. The van der Waals surface area contributed by atoms with Crippen LogP contribution in [0.3, 0.4) is 0 Å². The summed E-state index contributed by atoms with van der Waals surface area (Å²) < 4.78 is 0. The molecule has 104 valence electrons. The van der Waals surface area contributed by atoms with Crippen molar-refractivity contribution in [1.82, 2.24) is 4.98 Å². The first-order valence-electron chi connectivity index (χ1n) is 6.73. The van der Waals surface area contributed by atoms with Gasteiger partial charge in [-0.15, -0.1) is 0 Å². The molecule has 3 heteroatoms. The number of pyridine rings is 1. The first-order chi connectivity index (χ1) is 10.1. The van der Waals surface area contributed by atoms with Crippen molar-refractivity contribution >= 4 is 28.3 Å². The van der Waals surface area contributed by atoms with E-state index >= 15 is 0 Å². The number of carbonyl (C=O) groups excluding carboxylic acids is 1. The number of nitrogens with zero attached hydrogens (tertiary/aromatic N) is 1. The Hall–Kier alpha value is -2.19. The molecule has 1 heterocycles. The van der Waals surface area contributed by atoms with E-state index in [-0.39, 0.29) is 5.78 Å². The van der Waals surface area contributed by atoms with Crippen LogP contribution in [0.5, 0.6) is 0 Å². The normalized spacial score (nSPS) is 10.8. The second kappa shape index (κ2) is 5.30. The fraction of sp³-hybridized carbons (Fsp3) is 0.111. The van der Waals surface area contributed by atoms with E-state index in [0.717, 1.165) is 32.7 Å². The molecule has 0 aliphatic carbocycles. The molecule has 1 aromatic heterocycles. The van der Waals surface area contributed by atoms with Crippen LogP contribution < -0.4 is 0 Å². The van der Waals surface area contributed by atoms with E-state index in [1.54, 1.807) is 6.92 Å². The van der Waals surface area contributed by atoms with Crippen molar-refractivity contribution in [3.63, 3.8) is 0 Å². The van der Waals surface area contributed by atoms with Gasteiger partial charge in [-0.2, -0.15) is 0 Å². The smallest absolute Gasteiger partial charge is 0.160 e. The molecule has 0 amide bonds. The lowest BCUT2D eigenvalue weighted by Crippen LogP contribution is -1.97. The van der Waals surface area contributed by atoms with Gasteiger partial charge in [0.25, 0.3) is 0 Å². The van der Waals surface area contributed by atoms with Crippen LogP contribution in [-0.2, 0) is 0 Å². The summed E-state index contributed by atoms with van der Waals surface area (Å²) in [5.74, 6) is 0.0422. The van der Waals surface area contributed by atoms with Gasteiger partial charge in [-0.3, -0.25) is 4.79 Å². The van der Waals surface area contributed by atoms with Crippen LogP contribution in [-0.4, -0.2) is 10.8 Å². The van der Waals surface area contributed by atoms with Crippen LogP contribution in [0.15, 0.2) is 48.5 Å². The molecule has 3 aromatic rings. The van der Waals surface area contributed by atoms with Crippen LogP contribution in [0.1, 0.15) is 22.8 Å². The predicted octanol–water partition coefficient (Wildman–Crippen LogP) is 5.07. The minimum Gasteiger partial charge on any atom is -0.294 e. The molecule has 0 saturated heterocycles. The van der Waals surface area contributed by atoms with Crippen molar-refractivity contribution in [3.05, 3.63) is 64.7 Å². The van der Waals surface area contributed by atoms with Crippen LogP contribution in [0.25, 0.3) is 22.2 Å². The third kappa shape index (κ3) is 2.55. The molecule has 0 aliphatic heterocycles. The molecule has 21 heavy (non-hydrogen) atoms. The van der Waals surface area contributed by atoms with Gasteiger partial charge in [0.05, 0.1) is 11.2 Å². The van der Waals surface area contributed by atoms with E-state index in [0.29, 0.717) is 5.56 Å². The van der Waals surface area contributed by atoms with E-state index in [9.17, 15) is 4.79 Å². The van der Waals surface area contributed by atoms with E-state index < -0.39 is 0 Å². The Bertz CT molecular complexity index is 855. The summed E-state index contributed by atoms with van der Waals surface area (Å²) in [6, 6.07) is 15.3. The van der Waals surface area contributed by atoms with Gasteiger partial charge in [0.1, 0.15) is 0 Å². The lowest BCUT2D eigenvalue weighted by molar-refractivity contribution is 0.101. The molecule has 0 saturated carbocycles. The molecule has 0 bridgehead atoms. The summed E-state index contributed by atoms with van der Waals surface area (Å²) >= 11 is 6.07. The van der Waals surface area contributed by atoms with Crippen LogP contribution in [0.4, 0.5) is 0 Å². The van der Waals surface area contributed by atoms with Crippen molar-refractivity contribution in [2.75, 3.05) is 0 Å². The standard InChI is InChI=1S/C18H14ClNO/c1-11-9-13(7-8-16(11)19)18-10-15(12(2)21)14-5-3-4-6-17(14)20-18/h3-10H,1-2H3. The van der Waals surface area contributed by atoms with Crippen LogP contribution >= 0.6 is 11.6 Å². The highest BCUT2D eigenvalue weighted by Gasteiger charge is 2.11. The molecule has 0 spiro atoms. The van der Waals surface area contributed by atoms with Gasteiger partial charge in [-0.1, -0.05) is 35.9 Å². The van der Waals surface area contributed by atoms with Crippen molar-refractivity contribution in [2.45, 2.75) is 13.8 Å². The number of halogens is 1. The maximum absolute atomic E-state index is 11.9. The predicted molar refractivity (Wildman–Crippen MR) is 86.9 cm³/mol. The summed E-state index contributed by atoms with van der Waals surface area (Å²) in [7, 11) is 0. The molecule has 0 atom stereocenters. The molecule has 2 aromatic carbocycles. The number of aromatic nitrogens is 1. The van der Waals surface area contributed by atoms with Gasteiger partial charge in [0.2, 0.25) is 0 Å². The highest BCUT2D eigenvalue weighted by Crippen LogP contribution is 2.27. The van der Waals surface area contributed by atoms with E-state index in [4.69, 9.17) is 11.6 Å². The molecule has 3 rings (SSSR count). The number of aryl methyl sites for hydroxylation is 1. The summed E-state index contributed by atoms with van der Waals surface area (Å²) in [5, 5.41) is 1.62. The summed E-state index contributed by atoms with van der Waals surface area (Å²) in [4.78, 5) is 16.6. The lowest BCUT2D eigenvalue weighted by atomic mass is 10.0. The van der Waals surface area contributed by atoms with Crippen molar-refractivity contribution in [2.24, 2.45) is 0 Å². The zero-order valence-corrected chi connectivity index (χ0v) is 12.6. The number of hydrogen-bond donors (Lipinski definition) is 0. The molecular formula is C18H14ClNO.